The van der Waals surface area contributed by atoms with Crippen molar-refractivity contribution in [1.82, 2.24) is 4.90 Å². The molecule has 1 N–H and O–H groups in total. The molecule has 1 aromatic rings. The van der Waals surface area contributed by atoms with E-state index < -0.39 is 5.91 Å². The van der Waals surface area contributed by atoms with Gasteiger partial charge in [-0.25, -0.2) is 0 Å². The van der Waals surface area contributed by atoms with Crippen LogP contribution < -0.4 is 14.8 Å². The molecule has 26 heavy (non-hydrogen) atoms. The molecular formula is C18H24N2O5S. The maximum absolute atomic E-state index is 12.5. The lowest BCUT2D eigenvalue weighted by Gasteiger charge is -2.34. The Morgan fingerprint density at radius 2 is 1.73 bits per heavy atom. The number of hydrogen-bond acceptors (Lipinski definition) is 6. The van der Waals surface area contributed by atoms with Gasteiger partial charge >= 0.3 is 0 Å². The van der Waals surface area contributed by atoms with Crippen molar-refractivity contribution in [2.75, 3.05) is 26.1 Å². The standard InChI is InChI=1S/C18H24N2O5S/c1-5-14-17(22)20(18(23)15(6-2)26-14)10-16(21)19-12-8-7-11(24-3)9-13(12)25-4/h7-9,14-15H,5-6,10H2,1-4H3,(H,19,21)/t14-,15+. The Bertz CT molecular complexity index is 672. The molecule has 0 spiro atoms. The number of carbonyl (C=O) groups excluding carboxylic acids is 3. The molecule has 0 unspecified atom stereocenters. The van der Waals surface area contributed by atoms with Gasteiger partial charge in [0.1, 0.15) is 18.0 Å². The van der Waals surface area contributed by atoms with Gasteiger partial charge in [-0.2, -0.15) is 0 Å². The Balaban J connectivity index is 2.13. The largest absolute Gasteiger partial charge is 0.497 e. The molecule has 1 saturated heterocycles. The molecule has 0 bridgehead atoms. The smallest absolute Gasteiger partial charge is 0.244 e. The van der Waals surface area contributed by atoms with Crippen LogP contribution in [0, 0.1) is 0 Å². The summed E-state index contributed by atoms with van der Waals surface area (Å²) in [5.74, 6) is -0.0304. The summed E-state index contributed by atoms with van der Waals surface area (Å²) >= 11 is 1.39. The predicted octanol–water partition coefficient (Wildman–Crippen LogP) is 2.30. The van der Waals surface area contributed by atoms with Crippen LogP contribution in [0.3, 0.4) is 0 Å². The van der Waals surface area contributed by atoms with Gasteiger partial charge < -0.3 is 14.8 Å². The number of thioether (sulfide) groups is 1. The van der Waals surface area contributed by atoms with E-state index in [0.717, 1.165) is 4.90 Å². The number of carbonyl (C=O) groups is 3. The van der Waals surface area contributed by atoms with Crippen LogP contribution in [0.2, 0.25) is 0 Å². The van der Waals surface area contributed by atoms with Gasteiger partial charge in [-0.15, -0.1) is 11.8 Å². The Morgan fingerprint density at radius 1 is 1.12 bits per heavy atom. The van der Waals surface area contributed by atoms with Gasteiger partial charge in [0, 0.05) is 6.07 Å². The highest BCUT2D eigenvalue weighted by Crippen LogP contribution is 2.32. The fourth-order valence-corrected chi connectivity index (χ4v) is 3.97. The van der Waals surface area contributed by atoms with Gasteiger partial charge in [-0.3, -0.25) is 19.3 Å². The third-order valence-electron chi connectivity index (χ3n) is 4.14. The quantitative estimate of drug-likeness (QED) is 0.731. The van der Waals surface area contributed by atoms with E-state index in [-0.39, 0.29) is 28.9 Å². The molecule has 3 amide bonds. The minimum atomic E-state index is -0.452. The fourth-order valence-electron chi connectivity index (χ4n) is 2.70. The van der Waals surface area contributed by atoms with E-state index in [9.17, 15) is 14.4 Å². The Hall–Kier alpha value is -2.22. The molecule has 7 nitrogen and oxygen atoms in total. The maximum Gasteiger partial charge on any atom is 0.244 e. The van der Waals surface area contributed by atoms with Crippen molar-refractivity contribution >= 4 is 35.2 Å². The van der Waals surface area contributed by atoms with Crippen LogP contribution in [-0.2, 0) is 14.4 Å². The second-order valence-corrected chi connectivity index (χ2v) is 7.22. The van der Waals surface area contributed by atoms with Crippen LogP contribution in [0.4, 0.5) is 5.69 Å². The number of amides is 3. The summed E-state index contributed by atoms with van der Waals surface area (Å²) in [5.41, 5.74) is 0.448. The highest BCUT2D eigenvalue weighted by molar-refractivity contribution is 8.02. The first-order valence-electron chi connectivity index (χ1n) is 8.47. The topological polar surface area (TPSA) is 84.9 Å². The molecule has 2 rings (SSSR count). The first kappa shape index (κ1) is 20.1. The average molecular weight is 380 g/mol. The number of methoxy groups -OCH3 is 2. The van der Waals surface area contributed by atoms with Crippen LogP contribution in [-0.4, -0.2) is 53.9 Å². The van der Waals surface area contributed by atoms with Crippen molar-refractivity contribution in [3.8, 4) is 11.5 Å². The Labute approximate surface area is 157 Å². The van der Waals surface area contributed by atoms with E-state index in [1.807, 2.05) is 13.8 Å². The summed E-state index contributed by atoms with van der Waals surface area (Å²) < 4.78 is 10.4. The average Bonchev–Trinajstić information content (AvgIpc) is 2.65. The van der Waals surface area contributed by atoms with Crippen molar-refractivity contribution in [2.45, 2.75) is 37.2 Å². The highest BCUT2D eigenvalue weighted by atomic mass is 32.2. The summed E-state index contributed by atoms with van der Waals surface area (Å²) in [7, 11) is 3.02. The molecule has 1 heterocycles. The highest BCUT2D eigenvalue weighted by Gasteiger charge is 2.40. The monoisotopic (exact) mass is 380 g/mol. The van der Waals surface area contributed by atoms with Gasteiger partial charge in [0.05, 0.1) is 30.4 Å². The second-order valence-electron chi connectivity index (χ2n) is 5.81. The number of nitrogens with one attached hydrogen (secondary N) is 1. The van der Waals surface area contributed by atoms with Crippen molar-refractivity contribution < 1.29 is 23.9 Å². The van der Waals surface area contributed by atoms with E-state index in [4.69, 9.17) is 9.47 Å². The number of imide groups is 1. The Morgan fingerprint density at radius 3 is 2.23 bits per heavy atom. The molecule has 0 saturated carbocycles. The minimum absolute atomic E-state index is 0.291. The molecule has 1 fully saturated rings. The molecule has 0 aliphatic carbocycles. The first-order chi connectivity index (χ1) is 12.4. The number of ether oxygens (including phenoxy) is 2. The van der Waals surface area contributed by atoms with E-state index in [1.165, 1.54) is 26.0 Å². The zero-order chi connectivity index (χ0) is 19.3. The van der Waals surface area contributed by atoms with Crippen LogP contribution in [0.25, 0.3) is 0 Å². The van der Waals surface area contributed by atoms with Gasteiger partial charge in [-0.1, -0.05) is 13.8 Å². The number of nitrogens with zero attached hydrogens (tertiary/aromatic N) is 1. The fraction of sp³-hybridized carbons (Fsp3) is 0.500. The van der Waals surface area contributed by atoms with Crippen LogP contribution in [0.1, 0.15) is 26.7 Å². The molecular weight excluding hydrogens is 356 g/mol. The van der Waals surface area contributed by atoms with E-state index in [0.29, 0.717) is 30.0 Å². The molecule has 0 aromatic heterocycles. The van der Waals surface area contributed by atoms with Crippen LogP contribution >= 0.6 is 11.8 Å². The van der Waals surface area contributed by atoms with Crippen LogP contribution in [0.15, 0.2) is 18.2 Å². The second kappa shape index (κ2) is 8.93. The van der Waals surface area contributed by atoms with Gasteiger partial charge in [0.25, 0.3) is 0 Å². The summed E-state index contributed by atoms with van der Waals surface area (Å²) in [6.45, 7) is 3.50. The Kier molecular flexibility index (Phi) is 6.90. The molecule has 1 aromatic carbocycles. The predicted molar refractivity (Wildman–Crippen MR) is 101 cm³/mol. The normalized spacial score (nSPS) is 20.1. The lowest BCUT2D eigenvalue weighted by Crippen LogP contribution is -2.53. The summed E-state index contributed by atoms with van der Waals surface area (Å²) in [5, 5.41) is 2.11. The molecule has 8 heteroatoms. The van der Waals surface area contributed by atoms with Crippen molar-refractivity contribution in [2.24, 2.45) is 0 Å². The van der Waals surface area contributed by atoms with E-state index in [1.54, 1.807) is 18.2 Å². The number of hydrogen-bond donors (Lipinski definition) is 1. The third kappa shape index (κ3) is 4.30. The number of benzene rings is 1. The van der Waals surface area contributed by atoms with Gasteiger partial charge in [-0.05, 0) is 25.0 Å². The van der Waals surface area contributed by atoms with Crippen molar-refractivity contribution in [1.29, 1.82) is 0 Å². The van der Waals surface area contributed by atoms with Gasteiger partial charge in [0.2, 0.25) is 17.7 Å². The molecule has 142 valence electrons. The number of rotatable bonds is 7. The number of anilines is 1. The van der Waals surface area contributed by atoms with Crippen molar-refractivity contribution in [3.05, 3.63) is 18.2 Å². The molecule has 1 aliphatic rings. The summed E-state index contributed by atoms with van der Waals surface area (Å²) in [4.78, 5) is 38.5. The minimum Gasteiger partial charge on any atom is -0.497 e. The lowest BCUT2D eigenvalue weighted by atomic mass is 10.2. The summed E-state index contributed by atoms with van der Waals surface area (Å²) in [6.07, 6.45) is 1.25. The molecule has 1 aliphatic heterocycles. The molecule has 0 radical (unpaired) electrons. The SMILES string of the molecule is CC[C@@H]1S[C@H](CC)C(=O)N(CC(=O)Nc2ccc(OC)cc2OC)C1=O. The maximum atomic E-state index is 12.5. The van der Waals surface area contributed by atoms with Gasteiger partial charge in [0.15, 0.2) is 0 Å². The molecule has 2 atom stereocenters. The summed E-state index contributed by atoms with van der Waals surface area (Å²) in [6, 6.07) is 4.98. The third-order valence-corrected chi connectivity index (χ3v) is 5.86. The zero-order valence-electron chi connectivity index (χ0n) is 15.4. The van der Waals surface area contributed by atoms with Crippen LogP contribution in [0.5, 0.6) is 11.5 Å². The first-order valence-corrected chi connectivity index (χ1v) is 9.41. The zero-order valence-corrected chi connectivity index (χ0v) is 16.2. The lowest BCUT2D eigenvalue weighted by molar-refractivity contribution is -0.147. The van der Waals surface area contributed by atoms with Crippen molar-refractivity contribution in [3.63, 3.8) is 0 Å². The van der Waals surface area contributed by atoms with E-state index >= 15 is 0 Å². The van der Waals surface area contributed by atoms with E-state index in [2.05, 4.69) is 5.32 Å².